The molecule has 4 nitrogen and oxygen atoms in total. The van der Waals surface area contributed by atoms with Gasteiger partial charge in [0, 0.05) is 4.90 Å². The van der Waals surface area contributed by atoms with E-state index in [0.29, 0.717) is 26.6 Å². The number of hydrogen-bond acceptors (Lipinski definition) is 4. The minimum absolute atomic E-state index is 0.426. The second-order valence-electron chi connectivity index (χ2n) is 7.20. The van der Waals surface area contributed by atoms with Crippen molar-refractivity contribution in [2.24, 2.45) is 0 Å². The second kappa shape index (κ2) is 11.0. The van der Waals surface area contributed by atoms with Crippen molar-refractivity contribution >= 4 is 11.8 Å². The van der Waals surface area contributed by atoms with Gasteiger partial charge in [-0.05, 0) is 30.2 Å². The lowest BCUT2D eigenvalue weighted by Gasteiger charge is -2.13. The van der Waals surface area contributed by atoms with E-state index in [1.165, 1.54) is 4.90 Å². The molecule has 1 aromatic heterocycles. The number of hydrogen-bond donors (Lipinski definition) is 0. The van der Waals surface area contributed by atoms with Gasteiger partial charge in [0.25, 0.3) is 0 Å². The first-order valence-corrected chi connectivity index (χ1v) is 11.1. The highest BCUT2D eigenvalue weighted by Gasteiger charge is 2.16. The molecule has 0 amide bonds. The normalized spacial score (nSPS) is 11.0. The Kier molecular flexibility index (Phi) is 7.56. The van der Waals surface area contributed by atoms with E-state index in [1.54, 1.807) is 11.8 Å². The van der Waals surface area contributed by atoms with E-state index in [4.69, 9.17) is 14.5 Å². The highest BCUT2D eigenvalue weighted by atomic mass is 32.2. The predicted molar refractivity (Wildman–Crippen MR) is 124 cm³/mol. The van der Waals surface area contributed by atoms with E-state index in [-0.39, 0.29) is 0 Å². The number of ether oxygens (including phenoxy) is 2. The lowest BCUT2D eigenvalue weighted by atomic mass is 10.2. The highest BCUT2D eigenvalue weighted by molar-refractivity contribution is 7.99. The third kappa shape index (κ3) is 6.07. The Labute approximate surface area is 187 Å². The Morgan fingerprint density at radius 1 is 0.710 bits per heavy atom. The summed E-state index contributed by atoms with van der Waals surface area (Å²) in [4.78, 5) is 5.97. The van der Waals surface area contributed by atoms with Crippen molar-refractivity contribution in [3.05, 3.63) is 114 Å². The second-order valence-corrected chi connectivity index (χ2v) is 8.27. The molecule has 0 bridgehead atoms. The average Bonchev–Trinajstić information content (AvgIpc) is 3.10. The lowest BCUT2D eigenvalue weighted by molar-refractivity contribution is 0.0466. The predicted octanol–water partition coefficient (Wildman–Crippen LogP) is 6.23. The van der Waals surface area contributed by atoms with Gasteiger partial charge in [0.1, 0.15) is 24.2 Å². The fraction of sp³-hybridized carbons (Fsp3) is 0.192. The number of rotatable bonds is 10. The van der Waals surface area contributed by atoms with Crippen molar-refractivity contribution in [3.8, 4) is 0 Å². The van der Waals surface area contributed by atoms with Crippen molar-refractivity contribution < 1.29 is 9.47 Å². The molecule has 0 atom stereocenters. The maximum Gasteiger partial charge on any atom is 0.137 e. The first-order chi connectivity index (χ1) is 15.3. The molecule has 158 valence electrons. The first-order valence-electron chi connectivity index (χ1n) is 10.3. The van der Waals surface area contributed by atoms with Crippen LogP contribution in [0.5, 0.6) is 0 Å². The third-order valence-corrected chi connectivity index (χ3v) is 6.01. The summed E-state index contributed by atoms with van der Waals surface area (Å²) in [5.41, 5.74) is 3.28. The molecule has 0 aliphatic heterocycles. The molecule has 3 aromatic carbocycles. The molecule has 1 heterocycles. The van der Waals surface area contributed by atoms with Crippen LogP contribution in [-0.2, 0) is 36.0 Å². The van der Waals surface area contributed by atoms with Crippen molar-refractivity contribution in [3.63, 3.8) is 0 Å². The molecule has 4 aromatic rings. The summed E-state index contributed by atoms with van der Waals surface area (Å²) in [6.07, 6.45) is 0. The Balaban J connectivity index is 1.49. The van der Waals surface area contributed by atoms with Gasteiger partial charge in [-0.2, -0.15) is 0 Å². The van der Waals surface area contributed by atoms with E-state index in [1.807, 2.05) is 61.5 Å². The molecule has 0 aliphatic carbocycles. The topological polar surface area (TPSA) is 36.3 Å². The van der Waals surface area contributed by atoms with E-state index in [2.05, 4.69) is 41.0 Å². The highest BCUT2D eigenvalue weighted by Crippen LogP contribution is 2.31. The van der Waals surface area contributed by atoms with E-state index in [9.17, 15) is 0 Å². The van der Waals surface area contributed by atoms with Crippen LogP contribution in [0.25, 0.3) is 0 Å². The molecular weight excluding hydrogens is 404 g/mol. The summed E-state index contributed by atoms with van der Waals surface area (Å²) in [7, 11) is 0. The molecule has 0 unspecified atom stereocenters. The van der Waals surface area contributed by atoms with E-state index in [0.717, 1.165) is 27.7 Å². The zero-order valence-corrected chi connectivity index (χ0v) is 18.4. The third-order valence-electron chi connectivity index (χ3n) is 4.80. The molecule has 0 saturated heterocycles. The van der Waals surface area contributed by atoms with Crippen LogP contribution in [0.15, 0.2) is 101 Å². The number of aromatic nitrogens is 2. The van der Waals surface area contributed by atoms with Gasteiger partial charge in [-0.25, -0.2) is 4.98 Å². The summed E-state index contributed by atoms with van der Waals surface area (Å²) in [5, 5.41) is 1.08. The minimum Gasteiger partial charge on any atom is -0.369 e. The van der Waals surface area contributed by atoms with Gasteiger partial charge < -0.3 is 9.47 Å². The van der Waals surface area contributed by atoms with Crippen LogP contribution in [0.4, 0.5) is 0 Å². The molecule has 4 rings (SSSR count). The summed E-state index contributed by atoms with van der Waals surface area (Å²) in [6, 6.07) is 30.7. The Bertz CT molecular complexity index is 1070. The molecule has 0 saturated carbocycles. The van der Waals surface area contributed by atoms with E-state index < -0.39 is 0 Å². The molecule has 0 aliphatic rings. The van der Waals surface area contributed by atoms with Crippen molar-refractivity contribution in [1.29, 1.82) is 0 Å². The number of nitrogens with zero attached hydrogens (tertiary/aromatic N) is 2. The van der Waals surface area contributed by atoms with Crippen LogP contribution < -0.4 is 0 Å². The number of benzene rings is 3. The van der Waals surface area contributed by atoms with Crippen molar-refractivity contribution in [1.82, 2.24) is 9.55 Å². The maximum absolute atomic E-state index is 6.06. The van der Waals surface area contributed by atoms with E-state index >= 15 is 0 Å². The molecule has 5 heteroatoms. The number of imidazole rings is 1. The Morgan fingerprint density at radius 2 is 1.26 bits per heavy atom. The van der Waals surface area contributed by atoms with Crippen LogP contribution >= 0.6 is 11.8 Å². The number of aryl methyl sites for hydroxylation is 1. The summed E-state index contributed by atoms with van der Waals surface area (Å²) in [5.74, 6) is 0.875. The Morgan fingerprint density at radius 3 is 1.87 bits per heavy atom. The molecule has 31 heavy (non-hydrogen) atoms. The maximum atomic E-state index is 6.06. The summed E-state index contributed by atoms with van der Waals surface area (Å²) < 4.78 is 14.2. The monoisotopic (exact) mass is 430 g/mol. The fourth-order valence-electron chi connectivity index (χ4n) is 3.25. The molecule has 0 radical (unpaired) electrons. The van der Waals surface area contributed by atoms with Crippen molar-refractivity contribution in [2.75, 3.05) is 0 Å². The minimum atomic E-state index is 0.426. The fourth-order valence-corrected chi connectivity index (χ4v) is 4.23. The summed E-state index contributed by atoms with van der Waals surface area (Å²) in [6.45, 7) is 4.00. The van der Waals surface area contributed by atoms with Crippen molar-refractivity contribution in [2.45, 2.75) is 43.4 Å². The van der Waals surface area contributed by atoms with Crippen LogP contribution in [-0.4, -0.2) is 9.55 Å². The standard InChI is InChI=1S/C26H26N2O2S/c1-21-26(31-24-15-9-4-10-16-24)28(20-30-18-23-13-7-3-8-14-23)25(27-21)19-29-17-22-11-5-2-6-12-22/h2-16H,17-20H2,1H3. The van der Waals surface area contributed by atoms with Gasteiger partial charge in [0.2, 0.25) is 0 Å². The smallest absolute Gasteiger partial charge is 0.137 e. The van der Waals surface area contributed by atoms with Gasteiger partial charge in [-0.3, -0.25) is 4.57 Å². The molecule has 0 fully saturated rings. The molecule has 0 spiro atoms. The quantitative estimate of drug-likeness (QED) is 0.299. The van der Waals surface area contributed by atoms with Gasteiger partial charge in [-0.1, -0.05) is 90.6 Å². The molecule has 0 N–H and O–H groups in total. The largest absolute Gasteiger partial charge is 0.369 e. The average molecular weight is 431 g/mol. The SMILES string of the molecule is Cc1nc(COCc2ccccc2)n(COCc2ccccc2)c1Sc1ccccc1. The first kappa shape index (κ1) is 21.4. The molecular formula is C26H26N2O2S. The van der Waals surface area contributed by atoms with Crippen LogP contribution in [0.3, 0.4) is 0 Å². The van der Waals surface area contributed by atoms with Crippen LogP contribution in [0.1, 0.15) is 22.6 Å². The van der Waals surface area contributed by atoms with Gasteiger partial charge in [0.15, 0.2) is 0 Å². The van der Waals surface area contributed by atoms with Gasteiger partial charge in [-0.15, -0.1) is 0 Å². The van der Waals surface area contributed by atoms with Crippen LogP contribution in [0, 0.1) is 6.92 Å². The van der Waals surface area contributed by atoms with Gasteiger partial charge >= 0.3 is 0 Å². The zero-order valence-electron chi connectivity index (χ0n) is 17.6. The Hall–Kier alpha value is -2.86. The van der Waals surface area contributed by atoms with Gasteiger partial charge in [0.05, 0.1) is 18.9 Å². The lowest BCUT2D eigenvalue weighted by Crippen LogP contribution is -2.10. The zero-order chi connectivity index (χ0) is 21.3. The summed E-state index contributed by atoms with van der Waals surface area (Å²) >= 11 is 1.70. The van der Waals surface area contributed by atoms with Crippen LogP contribution in [0.2, 0.25) is 0 Å².